The summed E-state index contributed by atoms with van der Waals surface area (Å²) in [6.07, 6.45) is 0. The Morgan fingerprint density at radius 2 is 1.44 bits per heavy atom. The highest BCUT2D eigenvalue weighted by atomic mass is 15.5. The van der Waals surface area contributed by atoms with Crippen LogP contribution in [0.15, 0.2) is 54.6 Å². The Balaban J connectivity index is 0.000000156. The molecule has 0 aliphatic heterocycles. The zero-order valence-corrected chi connectivity index (χ0v) is 19.4. The molecule has 5 rings (SSSR count). The summed E-state index contributed by atoms with van der Waals surface area (Å²) >= 11 is 0. The maximum Gasteiger partial charge on any atom is 0.223 e. The first-order chi connectivity index (χ1) is 17.4. The van der Waals surface area contributed by atoms with Gasteiger partial charge in [0, 0.05) is 0 Å². The molecule has 0 unspecified atom stereocenters. The Hall–Kier alpha value is -5.52. The zero-order valence-electron chi connectivity index (χ0n) is 19.4. The van der Waals surface area contributed by atoms with E-state index in [0.29, 0.717) is 46.2 Å². The van der Waals surface area contributed by atoms with E-state index in [1.807, 2.05) is 32.0 Å². The van der Waals surface area contributed by atoms with Crippen molar-refractivity contribution in [1.29, 1.82) is 5.26 Å². The van der Waals surface area contributed by atoms with Gasteiger partial charge in [0.1, 0.15) is 40.6 Å². The molecule has 0 amide bonds. The first-order valence-corrected chi connectivity index (χ1v) is 10.5. The minimum absolute atomic E-state index is 0.193. The smallest absolute Gasteiger partial charge is 0.223 e. The van der Waals surface area contributed by atoms with E-state index in [1.165, 1.54) is 0 Å². The monoisotopic (exact) mass is 485 g/mol. The summed E-state index contributed by atoms with van der Waals surface area (Å²) in [5, 5.41) is 33.0. The summed E-state index contributed by atoms with van der Waals surface area (Å²) < 4.78 is 1.71. The van der Waals surface area contributed by atoms with Crippen LogP contribution < -0.4 is 17.2 Å². The molecule has 15 nitrogen and oxygen atoms in total. The fourth-order valence-electron chi connectivity index (χ4n) is 2.65. The molecule has 5 aromatic rings. The van der Waals surface area contributed by atoms with Gasteiger partial charge in [0.25, 0.3) is 0 Å². The highest BCUT2D eigenvalue weighted by molar-refractivity contribution is 5.52. The quantitative estimate of drug-likeness (QED) is 0.282. The summed E-state index contributed by atoms with van der Waals surface area (Å²) in [7, 11) is 0. The summed E-state index contributed by atoms with van der Waals surface area (Å²) in [4.78, 5) is 11.9. The molecule has 0 aromatic carbocycles. The lowest BCUT2D eigenvalue weighted by Gasteiger charge is -2.06. The number of nitrogen functional groups attached to an aromatic ring is 3. The van der Waals surface area contributed by atoms with Crippen LogP contribution in [0.2, 0.25) is 0 Å². The largest absolute Gasteiger partial charge is 0.384 e. The molecule has 0 fully saturated rings. The molecule has 36 heavy (non-hydrogen) atoms. The second kappa shape index (κ2) is 12.1. The molecular formula is C21H23N15. The van der Waals surface area contributed by atoms with E-state index in [4.69, 9.17) is 22.5 Å². The van der Waals surface area contributed by atoms with Gasteiger partial charge < -0.3 is 17.2 Å². The maximum absolute atomic E-state index is 8.29. The fourth-order valence-corrected chi connectivity index (χ4v) is 2.65. The van der Waals surface area contributed by atoms with Crippen LogP contribution in [0.4, 0.5) is 17.5 Å². The Morgan fingerprint density at radius 3 is 1.97 bits per heavy atom. The number of hydrogen-bond donors (Lipinski definition) is 4. The number of rotatable bonds is 3. The first kappa shape index (κ1) is 25.1. The third-order valence-electron chi connectivity index (χ3n) is 4.21. The molecule has 0 radical (unpaired) electrons. The van der Waals surface area contributed by atoms with Gasteiger partial charge in [-0.1, -0.05) is 18.2 Å². The molecule has 15 heteroatoms. The van der Waals surface area contributed by atoms with E-state index in [9.17, 15) is 0 Å². The Morgan fingerprint density at radius 1 is 0.833 bits per heavy atom. The van der Waals surface area contributed by atoms with Gasteiger partial charge in [-0.3, -0.25) is 0 Å². The number of aromatic amines is 1. The Bertz CT molecular complexity index is 1420. The Labute approximate surface area is 205 Å². The van der Waals surface area contributed by atoms with Gasteiger partial charge in [-0.2, -0.15) is 10.5 Å². The van der Waals surface area contributed by atoms with Crippen molar-refractivity contribution < 1.29 is 0 Å². The molecule has 7 N–H and O–H groups in total. The molecule has 0 aliphatic carbocycles. The van der Waals surface area contributed by atoms with Crippen LogP contribution in [-0.2, 0) is 0 Å². The molecule has 5 heterocycles. The van der Waals surface area contributed by atoms with E-state index >= 15 is 0 Å². The van der Waals surface area contributed by atoms with Gasteiger partial charge in [0.05, 0.1) is 6.04 Å². The Kier molecular flexibility index (Phi) is 8.43. The highest BCUT2D eigenvalue weighted by Gasteiger charge is 2.12. The predicted octanol–water partition coefficient (Wildman–Crippen LogP) is 1.28. The highest BCUT2D eigenvalue weighted by Crippen LogP contribution is 2.17. The van der Waals surface area contributed by atoms with Gasteiger partial charge in [-0.15, -0.1) is 15.3 Å². The first-order valence-electron chi connectivity index (χ1n) is 10.5. The van der Waals surface area contributed by atoms with Crippen LogP contribution in [0.25, 0.3) is 23.0 Å². The molecule has 0 saturated heterocycles. The van der Waals surface area contributed by atoms with Gasteiger partial charge in [0.2, 0.25) is 11.6 Å². The number of anilines is 3. The third-order valence-corrected chi connectivity index (χ3v) is 4.21. The van der Waals surface area contributed by atoms with Gasteiger partial charge in [-0.05, 0) is 65.9 Å². The van der Waals surface area contributed by atoms with Gasteiger partial charge in [-0.25, -0.2) is 19.6 Å². The average Bonchev–Trinajstić information content (AvgIpc) is 3.58. The summed E-state index contributed by atoms with van der Waals surface area (Å²) in [5.41, 5.74) is 18.0. The second-order valence-corrected chi connectivity index (χ2v) is 7.23. The third kappa shape index (κ3) is 6.99. The molecular weight excluding hydrogens is 462 g/mol. The standard InChI is InChI=1S/C9H12N6.C6H6N6.C6H5N3/c1-6(2)15-9(12-13-14-15)7-4-3-5-8(10)11-7;7-5-3-1-2-4(8-5)6-9-11-12-10-6;7-4-5-2-1-3-6(8)9-5/h3-6H,1-2H3,(H2,10,11);1-3H,(H2,7,8)(H,9,10,11,12);1-3H,(H2,8,9). The predicted molar refractivity (Wildman–Crippen MR) is 131 cm³/mol. The van der Waals surface area contributed by atoms with E-state index in [1.54, 1.807) is 47.1 Å². The lowest BCUT2D eigenvalue weighted by atomic mass is 10.3. The molecule has 0 spiro atoms. The fraction of sp³-hybridized carbons (Fsp3) is 0.143. The van der Waals surface area contributed by atoms with Crippen molar-refractivity contribution in [1.82, 2.24) is 55.8 Å². The molecule has 0 saturated carbocycles. The van der Waals surface area contributed by atoms with E-state index in [-0.39, 0.29) is 6.04 Å². The van der Waals surface area contributed by atoms with Crippen LogP contribution in [0.1, 0.15) is 25.6 Å². The van der Waals surface area contributed by atoms with Crippen LogP contribution in [-0.4, -0.2) is 55.8 Å². The lowest BCUT2D eigenvalue weighted by molar-refractivity contribution is 0.518. The zero-order chi connectivity index (χ0) is 25.9. The maximum atomic E-state index is 8.29. The number of nitrogens with zero attached hydrogens (tertiary/aromatic N) is 11. The van der Waals surface area contributed by atoms with Crippen molar-refractivity contribution in [2.24, 2.45) is 0 Å². The number of tetrazole rings is 2. The number of H-pyrrole nitrogens is 1. The number of pyridine rings is 3. The van der Waals surface area contributed by atoms with Crippen molar-refractivity contribution in [2.75, 3.05) is 17.2 Å². The van der Waals surface area contributed by atoms with Crippen LogP contribution in [0.5, 0.6) is 0 Å². The van der Waals surface area contributed by atoms with Crippen LogP contribution in [0.3, 0.4) is 0 Å². The second-order valence-electron chi connectivity index (χ2n) is 7.23. The molecule has 0 aliphatic rings. The topological polar surface area (TPSA) is 239 Å². The number of hydrogen-bond acceptors (Lipinski definition) is 13. The number of nitrogens with one attached hydrogen (secondary N) is 1. The normalized spacial score (nSPS) is 9.94. The van der Waals surface area contributed by atoms with E-state index < -0.39 is 0 Å². The summed E-state index contributed by atoms with van der Waals surface area (Å²) in [6.45, 7) is 4.01. The molecule has 182 valence electrons. The number of nitriles is 1. The number of nitrogens with two attached hydrogens (primary N) is 3. The van der Waals surface area contributed by atoms with Crippen molar-refractivity contribution in [3.8, 4) is 29.1 Å². The molecule has 0 bridgehead atoms. The minimum Gasteiger partial charge on any atom is -0.384 e. The minimum atomic E-state index is 0.193. The van der Waals surface area contributed by atoms with Gasteiger partial charge in [0.15, 0.2) is 0 Å². The van der Waals surface area contributed by atoms with E-state index in [0.717, 1.165) is 0 Å². The van der Waals surface area contributed by atoms with Crippen molar-refractivity contribution in [3.05, 3.63) is 60.3 Å². The average molecular weight is 486 g/mol. The van der Waals surface area contributed by atoms with E-state index in [2.05, 4.69) is 51.1 Å². The van der Waals surface area contributed by atoms with Crippen molar-refractivity contribution >= 4 is 17.5 Å². The summed E-state index contributed by atoms with van der Waals surface area (Å²) in [6, 6.07) is 17.7. The lowest BCUT2D eigenvalue weighted by Crippen LogP contribution is -2.06. The molecule has 0 atom stereocenters. The van der Waals surface area contributed by atoms with Crippen LogP contribution in [0, 0.1) is 11.3 Å². The number of aromatic nitrogens is 11. The summed E-state index contributed by atoms with van der Waals surface area (Å²) in [5.74, 6) is 2.37. The van der Waals surface area contributed by atoms with Crippen molar-refractivity contribution in [3.63, 3.8) is 0 Å². The molecule has 5 aromatic heterocycles. The van der Waals surface area contributed by atoms with Gasteiger partial charge >= 0.3 is 0 Å². The van der Waals surface area contributed by atoms with Crippen LogP contribution >= 0.6 is 0 Å². The SMILES string of the molecule is CC(C)n1nnnc1-c1cccc(N)n1.N#Cc1cccc(N)n1.Nc1cccc(-c2nn[nH]n2)n1. The van der Waals surface area contributed by atoms with Crippen molar-refractivity contribution in [2.45, 2.75) is 19.9 Å².